The quantitative estimate of drug-likeness (QED) is 0.664. The van der Waals surface area contributed by atoms with Crippen LogP contribution in [-0.2, 0) is 4.79 Å². The smallest absolute Gasteiger partial charge is 0.257 e. The summed E-state index contributed by atoms with van der Waals surface area (Å²) in [4.78, 5) is 31.9. The summed E-state index contributed by atoms with van der Waals surface area (Å²) in [5.41, 5.74) is 2.15. The van der Waals surface area contributed by atoms with Crippen LogP contribution in [-0.4, -0.2) is 41.6 Å². The lowest BCUT2D eigenvalue weighted by Crippen LogP contribution is -2.43. The molecule has 164 valence electrons. The Morgan fingerprint density at radius 1 is 1.06 bits per heavy atom. The highest BCUT2D eigenvalue weighted by molar-refractivity contribution is 5.94. The molecule has 1 atom stereocenters. The van der Waals surface area contributed by atoms with E-state index in [0.717, 1.165) is 11.3 Å². The summed E-state index contributed by atoms with van der Waals surface area (Å²) < 4.78 is 15.9. The number of furan rings is 1. The largest absolute Gasteiger partial charge is 0.472 e. The number of hydrogen-bond donors (Lipinski definition) is 1. The van der Waals surface area contributed by atoms with Gasteiger partial charge in [-0.15, -0.1) is 0 Å². The van der Waals surface area contributed by atoms with Crippen molar-refractivity contribution in [3.05, 3.63) is 78.0 Å². The highest BCUT2D eigenvalue weighted by atomic mass is 16.7. The first-order chi connectivity index (χ1) is 15.7. The van der Waals surface area contributed by atoms with Crippen molar-refractivity contribution in [3.63, 3.8) is 0 Å². The Hall–Kier alpha value is -3.81. The van der Waals surface area contributed by atoms with E-state index in [-0.39, 0.29) is 24.5 Å². The molecule has 3 aromatic rings. The maximum Gasteiger partial charge on any atom is 0.257 e. The predicted molar refractivity (Wildman–Crippen MR) is 114 cm³/mol. The van der Waals surface area contributed by atoms with Gasteiger partial charge < -0.3 is 24.1 Å². The lowest BCUT2D eigenvalue weighted by Gasteiger charge is -2.32. The van der Waals surface area contributed by atoms with Gasteiger partial charge in [-0.1, -0.05) is 12.1 Å². The van der Waals surface area contributed by atoms with Crippen LogP contribution in [0, 0.1) is 5.92 Å². The number of nitrogens with zero attached hydrogens (tertiary/aromatic N) is 2. The summed E-state index contributed by atoms with van der Waals surface area (Å²) in [5, 5.41) is 3.17. The molecule has 0 spiro atoms. The van der Waals surface area contributed by atoms with Gasteiger partial charge in [-0.2, -0.15) is 0 Å². The van der Waals surface area contributed by atoms with Gasteiger partial charge in [0.1, 0.15) is 6.26 Å². The minimum Gasteiger partial charge on any atom is -0.472 e. The van der Waals surface area contributed by atoms with Crippen LogP contribution >= 0.6 is 0 Å². The number of nitrogens with one attached hydrogen (secondary N) is 1. The molecule has 0 aliphatic carbocycles. The SMILES string of the molecule is O=C(NC(c1ccc2c(c1)OCO2)c1ccccn1)C1CCN(C(=O)c2ccoc2)CC1. The Labute approximate surface area is 185 Å². The van der Waals surface area contributed by atoms with Gasteiger partial charge in [0.25, 0.3) is 5.91 Å². The standard InChI is InChI=1S/C24H23N3O5/c28-23(16-6-10-27(11-7-16)24(29)18-8-12-30-14-18)26-22(19-3-1-2-9-25-19)17-4-5-20-21(13-17)32-15-31-20/h1-5,8-9,12-14,16,22H,6-7,10-11,15H2,(H,26,28). The van der Waals surface area contributed by atoms with Gasteiger partial charge >= 0.3 is 0 Å². The number of carbonyl (C=O) groups excluding carboxylic acids is 2. The second-order valence-electron chi connectivity index (χ2n) is 7.89. The van der Waals surface area contributed by atoms with Gasteiger partial charge in [-0.25, -0.2) is 0 Å². The molecule has 0 radical (unpaired) electrons. The van der Waals surface area contributed by atoms with Crippen LogP contribution in [0.15, 0.2) is 65.6 Å². The Morgan fingerprint density at radius 3 is 2.66 bits per heavy atom. The van der Waals surface area contributed by atoms with E-state index in [4.69, 9.17) is 13.9 Å². The highest BCUT2D eigenvalue weighted by Gasteiger charge is 2.30. The predicted octanol–water partition coefficient (Wildman–Crippen LogP) is 3.16. The first kappa shape index (κ1) is 20.1. The number of aromatic nitrogens is 1. The molecule has 1 N–H and O–H groups in total. The Morgan fingerprint density at radius 2 is 1.91 bits per heavy atom. The van der Waals surface area contributed by atoms with Gasteiger partial charge in [-0.05, 0) is 48.7 Å². The van der Waals surface area contributed by atoms with Crippen LogP contribution in [0.25, 0.3) is 0 Å². The van der Waals surface area contributed by atoms with Crippen molar-refractivity contribution >= 4 is 11.8 Å². The average Bonchev–Trinajstić information content (AvgIpc) is 3.54. The molecule has 2 amide bonds. The molecule has 8 heteroatoms. The lowest BCUT2D eigenvalue weighted by atomic mass is 9.94. The molecular formula is C24H23N3O5. The number of pyridine rings is 1. The Balaban J connectivity index is 1.29. The van der Waals surface area contributed by atoms with Crippen molar-refractivity contribution in [1.82, 2.24) is 15.2 Å². The third kappa shape index (κ3) is 4.03. The maximum absolute atomic E-state index is 13.2. The average molecular weight is 433 g/mol. The number of piperidine rings is 1. The molecule has 0 bridgehead atoms. The fourth-order valence-electron chi connectivity index (χ4n) is 4.14. The number of amides is 2. The van der Waals surface area contributed by atoms with Crippen molar-refractivity contribution in [2.45, 2.75) is 18.9 Å². The fourth-order valence-corrected chi connectivity index (χ4v) is 4.14. The second kappa shape index (κ2) is 8.74. The number of hydrogen-bond acceptors (Lipinski definition) is 6. The van der Waals surface area contributed by atoms with E-state index in [1.807, 2.05) is 36.4 Å². The molecular weight excluding hydrogens is 410 g/mol. The third-order valence-electron chi connectivity index (χ3n) is 5.92. The summed E-state index contributed by atoms with van der Waals surface area (Å²) in [6.07, 6.45) is 5.85. The van der Waals surface area contributed by atoms with Crippen molar-refractivity contribution in [2.24, 2.45) is 5.92 Å². The maximum atomic E-state index is 13.2. The van der Waals surface area contributed by atoms with E-state index in [9.17, 15) is 9.59 Å². The number of rotatable bonds is 5. The zero-order chi connectivity index (χ0) is 21.9. The monoisotopic (exact) mass is 433 g/mol. The molecule has 0 saturated carbocycles. The summed E-state index contributed by atoms with van der Waals surface area (Å²) in [6, 6.07) is 12.5. The van der Waals surface area contributed by atoms with Crippen molar-refractivity contribution in [1.29, 1.82) is 0 Å². The Kier molecular flexibility index (Phi) is 5.49. The van der Waals surface area contributed by atoms with E-state index < -0.39 is 6.04 Å². The molecule has 2 aliphatic rings. The number of ether oxygens (including phenoxy) is 2. The van der Waals surface area contributed by atoms with Crippen LogP contribution in [0.2, 0.25) is 0 Å². The van der Waals surface area contributed by atoms with Crippen LogP contribution < -0.4 is 14.8 Å². The first-order valence-electron chi connectivity index (χ1n) is 10.6. The van der Waals surface area contributed by atoms with E-state index in [2.05, 4.69) is 10.3 Å². The molecule has 2 aromatic heterocycles. The molecule has 1 unspecified atom stereocenters. The van der Waals surface area contributed by atoms with Gasteiger partial charge in [0.15, 0.2) is 11.5 Å². The number of benzene rings is 1. The van der Waals surface area contributed by atoms with E-state index in [1.165, 1.54) is 12.5 Å². The fraction of sp³-hybridized carbons (Fsp3) is 0.292. The van der Waals surface area contributed by atoms with Crippen molar-refractivity contribution in [3.8, 4) is 11.5 Å². The van der Waals surface area contributed by atoms with Gasteiger partial charge in [0.05, 0.1) is 23.6 Å². The number of fused-ring (bicyclic) bond motifs is 1. The first-order valence-corrected chi connectivity index (χ1v) is 10.6. The van der Waals surface area contributed by atoms with Crippen LogP contribution in [0.1, 0.15) is 40.5 Å². The van der Waals surface area contributed by atoms with Crippen LogP contribution in [0.5, 0.6) is 11.5 Å². The zero-order valence-electron chi connectivity index (χ0n) is 17.4. The summed E-state index contributed by atoms with van der Waals surface area (Å²) >= 11 is 0. The van der Waals surface area contributed by atoms with E-state index in [1.54, 1.807) is 17.2 Å². The molecule has 1 aromatic carbocycles. The number of likely N-dealkylation sites (tertiary alicyclic amines) is 1. The van der Waals surface area contributed by atoms with Gasteiger partial charge in [0.2, 0.25) is 12.7 Å². The second-order valence-corrected chi connectivity index (χ2v) is 7.89. The lowest BCUT2D eigenvalue weighted by molar-refractivity contribution is -0.126. The minimum atomic E-state index is -0.413. The topological polar surface area (TPSA) is 93.9 Å². The molecule has 5 rings (SSSR count). The minimum absolute atomic E-state index is 0.0475. The number of carbonyl (C=O) groups is 2. The molecule has 1 fully saturated rings. The molecule has 2 aliphatic heterocycles. The van der Waals surface area contributed by atoms with Gasteiger partial charge in [0, 0.05) is 25.2 Å². The van der Waals surface area contributed by atoms with Crippen molar-refractivity contribution in [2.75, 3.05) is 19.9 Å². The molecule has 32 heavy (non-hydrogen) atoms. The summed E-state index contributed by atoms with van der Waals surface area (Å²) in [6.45, 7) is 1.25. The third-order valence-corrected chi connectivity index (χ3v) is 5.92. The molecule has 4 heterocycles. The van der Waals surface area contributed by atoms with E-state index >= 15 is 0 Å². The normalized spacial score (nSPS) is 16.6. The van der Waals surface area contributed by atoms with E-state index in [0.29, 0.717) is 43.0 Å². The molecule has 8 nitrogen and oxygen atoms in total. The van der Waals surface area contributed by atoms with Gasteiger partial charge in [-0.3, -0.25) is 14.6 Å². The summed E-state index contributed by atoms with van der Waals surface area (Å²) in [7, 11) is 0. The molecule has 1 saturated heterocycles. The Bertz CT molecular complexity index is 1090. The van der Waals surface area contributed by atoms with Crippen LogP contribution in [0.4, 0.5) is 0 Å². The zero-order valence-corrected chi connectivity index (χ0v) is 17.4. The van der Waals surface area contributed by atoms with Crippen molar-refractivity contribution < 1.29 is 23.5 Å². The summed E-state index contributed by atoms with van der Waals surface area (Å²) in [5.74, 6) is 1.06. The highest BCUT2D eigenvalue weighted by Crippen LogP contribution is 2.35. The van der Waals surface area contributed by atoms with Crippen LogP contribution in [0.3, 0.4) is 0 Å².